The fraction of sp³-hybridized carbons (Fsp3) is 0.593. The fourth-order valence-corrected chi connectivity index (χ4v) is 3.71. The highest BCUT2D eigenvalue weighted by molar-refractivity contribution is 5.91. The molecule has 0 aliphatic rings. The van der Waals surface area contributed by atoms with E-state index < -0.39 is 18.1 Å². The summed E-state index contributed by atoms with van der Waals surface area (Å²) in [6.07, 6.45) is 10.6. The molecule has 2 atom stereocenters. The third-order valence-corrected chi connectivity index (χ3v) is 5.51. The van der Waals surface area contributed by atoms with E-state index in [2.05, 4.69) is 17.2 Å². The second-order valence-corrected chi connectivity index (χ2v) is 8.97. The van der Waals surface area contributed by atoms with E-state index in [0.717, 1.165) is 31.2 Å². The van der Waals surface area contributed by atoms with Crippen LogP contribution < -0.4 is 10.6 Å². The number of allylic oxidation sites excluding steroid dienone is 1. The zero-order valence-corrected chi connectivity index (χ0v) is 20.6. The van der Waals surface area contributed by atoms with Crippen LogP contribution in [0, 0.1) is 5.92 Å². The van der Waals surface area contributed by atoms with Gasteiger partial charge in [-0.25, -0.2) is 4.79 Å². The number of nitrogens with one attached hydrogen (secondary N) is 2. The van der Waals surface area contributed by atoms with E-state index >= 15 is 0 Å². The molecule has 184 valence electrons. The van der Waals surface area contributed by atoms with Gasteiger partial charge in [0.15, 0.2) is 0 Å². The van der Waals surface area contributed by atoms with Crippen molar-refractivity contribution in [3.05, 3.63) is 48.6 Å². The zero-order valence-electron chi connectivity index (χ0n) is 20.6. The van der Waals surface area contributed by atoms with Crippen molar-refractivity contribution in [3.63, 3.8) is 0 Å². The van der Waals surface area contributed by atoms with Gasteiger partial charge in [0.1, 0.15) is 12.1 Å². The van der Waals surface area contributed by atoms with Crippen molar-refractivity contribution in [2.24, 2.45) is 5.92 Å². The molecule has 0 heterocycles. The highest BCUT2D eigenvalue weighted by atomic mass is 16.5. The molecule has 0 aromatic heterocycles. The number of esters is 1. The van der Waals surface area contributed by atoms with Gasteiger partial charge in [0.2, 0.25) is 11.8 Å². The summed E-state index contributed by atoms with van der Waals surface area (Å²) in [7, 11) is 1.31. The highest BCUT2D eigenvalue weighted by Gasteiger charge is 2.28. The molecule has 6 heteroatoms. The van der Waals surface area contributed by atoms with Gasteiger partial charge in [-0.15, -0.1) is 6.58 Å². The predicted molar refractivity (Wildman–Crippen MR) is 133 cm³/mol. The minimum absolute atomic E-state index is 0.142. The molecular formula is C27H42N2O4. The van der Waals surface area contributed by atoms with Crippen LogP contribution in [0.3, 0.4) is 0 Å². The lowest BCUT2D eigenvalue weighted by atomic mass is 10.0. The molecule has 1 aromatic carbocycles. The van der Waals surface area contributed by atoms with Gasteiger partial charge < -0.3 is 15.4 Å². The van der Waals surface area contributed by atoms with E-state index in [4.69, 9.17) is 4.74 Å². The Balaban J connectivity index is 2.66. The van der Waals surface area contributed by atoms with Gasteiger partial charge in [-0.2, -0.15) is 0 Å². The van der Waals surface area contributed by atoms with E-state index in [1.165, 1.54) is 26.4 Å². The first kappa shape index (κ1) is 28.4. The van der Waals surface area contributed by atoms with E-state index in [9.17, 15) is 14.4 Å². The lowest BCUT2D eigenvalue weighted by molar-refractivity contribution is -0.145. The molecule has 2 unspecified atom stereocenters. The minimum atomic E-state index is -0.752. The van der Waals surface area contributed by atoms with Gasteiger partial charge in [0.05, 0.1) is 7.11 Å². The largest absolute Gasteiger partial charge is 0.467 e. The van der Waals surface area contributed by atoms with Crippen LogP contribution in [0.1, 0.15) is 77.2 Å². The third kappa shape index (κ3) is 12.9. The van der Waals surface area contributed by atoms with Gasteiger partial charge >= 0.3 is 5.97 Å². The Hall–Kier alpha value is -2.63. The molecule has 2 amide bonds. The standard InChI is InChI=1S/C27H42N2O4/c1-5-6-7-8-9-10-11-15-18-25(30)28-23(20-22-16-13-12-14-17-22)26(31)29-24(19-21(2)3)27(32)33-4/h5,12-14,16-17,21,23-24H,1,6-11,15,18-20H2,2-4H3,(H,28,30)(H,29,31). The Morgan fingerprint density at radius 2 is 1.58 bits per heavy atom. The Bertz CT molecular complexity index is 718. The summed E-state index contributed by atoms with van der Waals surface area (Å²) >= 11 is 0. The number of rotatable bonds is 17. The summed E-state index contributed by atoms with van der Waals surface area (Å²) in [5.41, 5.74) is 0.941. The molecule has 0 radical (unpaired) electrons. The van der Waals surface area contributed by atoms with E-state index in [1.54, 1.807) is 0 Å². The average molecular weight is 459 g/mol. The topological polar surface area (TPSA) is 84.5 Å². The van der Waals surface area contributed by atoms with Crippen LogP contribution in [-0.2, 0) is 25.5 Å². The van der Waals surface area contributed by atoms with Crippen molar-refractivity contribution in [1.82, 2.24) is 10.6 Å². The molecule has 2 N–H and O–H groups in total. The average Bonchev–Trinajstić information content (AvgIpc) is 2.79. The Labute approximate surface area is 199 Å². The first-order chi connectivity index (χ1) is 15.9. The molecule has 0 saturated carbocycles. The van der Waals surface area contributed by atoms with Gasteiger partial charge in [-0.3, -0.25) is 9.59 Å². The molecule has 0 spiro atoms. The molecule has 6 nitrogen and oxygen atoms in total. The first-order valence-electron chi connectivity index (χ1n) is 12.2. The smallest absolute Gasteiger partial charge is 0.328 e. The lowest BCUT2D eigenvalue weighted by Crippen LogP contribution is -2.53. The quantitative estimate of drug-likeness (QED) is 0.201. The predicted octanol–water partition coefficient (Wildman–Crippen LogP) is 4.72. The molecule has 0 saturated heterocycles. The van der Waals surface area contributed by atoms with Gasteiger partial charge in [-0.05, 0) is 37.2 Å². The molecule has 33 heavy (non-hydrogen) atoms. The van der Waals surface area contributed by atoms with Crippen LogP contribution in [0.5, 0.6) is 0 Å². The number of ether oxygens (including phenoxy) is 1. The Morgan fingerprint density at radius 3 is 2.18 bits per heavy atom. The summed E-state index contributed by atoms with van der Waals surface area (Å²) in [4.78, 5) is 37.8. The van der Waals surface area contributed by atoms with Crippen molar-refractivity contribution >= 4 is 17.8 Å². The maximum Gasteiger partial charge on any atom is 0.328 e. The second kappa shape index (κ2) is 16.9. The van der Waals surface area contributed by atoms with Crippen molar-refractivity contribution < 1.29 is 19.1 Å². The number of carbonyl (C=O) groups is 3. The van der Waals surface area contributed by atoms with Crippen molar-refractivity contribution in [2.75, 3.05) is 7.11 Å². The van der Waals surface area contributed by atoms with Crippen molar-refractivity contribution in [1.29, 1.82) is 0 Å². The van der Waals surface area contributed by atoms with Crippen LogP contribution in [0.15, 0.2) is 43.0 Å². The van der Waals surface area contributed by atoms with E-state index in [1.807, 2.05) is 50.3 Å². The Kier molecular flexibility index (Phi) is 14.6. The maximum absolute atomic E-state index is 13.1. The number of amides is 2. The molecule has 0 aliphatic carbocycles. The normalized spacial score (nSPS) is 12.6. The second-order valence-electron chi connectivity index (χ2n) is 8.97. The molecular weight excluding hydrogens is 416 g/mol. The minimum Gasteiger partial charge on any atom is -0.467 e. The fourth-order valence-electron chi connectivity index (χ4n) is 3.71. The molecule has 0 aliphatic heterocycles. The number of methoxy groups -OCH3 is 1. The monoisotopic (exact) mass is 458 g/mol. The van der Waals surface area contributed by atoms with Gasteiger partial charge in [0, 0.05) is 12.8 Å². The number of hydrogen-bond donors (Lipinski definition) is 2. The maximum atomic E-state index is 13.1. The zero-order chi connectivity index (χ0) is 24.5. The van der Waals surface area contributed by atoms with Crippen LogP contribution >= 0.6 is 0 Å². The van der Waals surface area contributed by atoms with Crippen molar-refractivity contribution in [2.45, 2.75) is 90.1 Å². The molecule has 1 rings (SSSR count). The van der Waals surface area contributed by atoms with Crippen LogP contribution in [0.4, 0.5) is 0 Å². The molecule has 0 fully saturated rings. The Morgan fingerprint density at radius 1 is 0.939 bits per heavy atom. The first-order valence-corrected chi connectivity index (χ1v) is 12.2. The lowest BCUT2D eigenvalue weighted by Gasteiger charge is -2.23. The van der Waals surface area contributed by atoms with E-state index in [-0.39, 0.29) is 17.7 Å². The van der Waals surface area contributed by atoms with E-state index in [0.29, 0.717) is 19.3 Å². The summed E-state index contributed by atoms with van der Waals surface area (Å²) in [5, 5.41) is 5.68. The number of unbranched alkanes of at least 4 members (excludes halogenated alkanes) is 6. The summed E-state index contributed by atoms with van der Waals surface area (Å²) in [6, 6.07) is 8.06. The number of carbonyl (C=O) groups excluding carboxylic acids is 3. The number of benzene rings is 1. The van der Waals surface area contributed by atoms with Crippen LogP contribution in [0.2, 0.25) is 0 Å². The molecule has 0 bridgehead atoms. The van der Waals surface area contributed by atoms with Crippen LogP contribution in [-0.4, -0.2) is 37.0 Å². The third-order valence-electron chi connectivity index (χ3n) is 5.51. The molecule has 1 aromatic rings. The summed E-state index contributed by atoms with van der Waals surface area (Å²) in [5.74, 6) is -0.787. The SMILES string of the molecule is C=CCCCCCCCCC(=O)NC(Cc1ccccc1)C(=O)NC(CC(C)C)C(=O)OC. The highest BCUT2D eigenvalue weighted by Crippen LogP contribution is 2.11. The summed E-state index contributed by atoms with van der Waals surface area (Å²) in [6.45, 7) is 7.69. The summed E-state index contributed by atoms with van der Waals surface area (Å²) < 4.78 is 4.85. The van der Waals surface area contributed by atoms with Crippen molar-refractivity contribution in [3.8, 4) is 0 Å². The van der Waals surface area contributed by atoms with Gasteiger partial charge in [0.25, 0.3) is 0 Å². The van der Waals surface area contributed by atoms with Crippen LogP contribution in [0.25, 0.3) is 0 Å². The van der Waals surface area contributed by atoms with Gasteiger partial charge in [-0.1, -0.05) is 75.9 Å². The number of hydrogen-bond acceptors (Lipinski definition) is 4.